The van der Waals surface area contributed by atoms with Gasteiger partial charge in [0.1, 0.15) is 0 Å². The number of amides is 2. The van der Waals surface area contributed by atoms with Crippen molar-refractivity contribution in [1.82, 2.24) is 10.2 Å². The summed E-state index contributed by atoms with van der Waals surface area (Å²) in [4.78, 5) is 24.5. The van der Waals surface area contributed by atoms with Gasteiger partial charge in [-0.05, 0) is 6.92 Å². The Kier molecular flexibility index (Phi) is 5.54. The summed E-state index contributed by atoms with van der Waals surface area (Å²) in [7, 11) is 3.18. The zero-order valence-electron chi connectivity index (χ0n) is 10.6. The van der Waals surface area contributed by atoms with E-state index < -0.39 is 6.04 Å². The van der Waals surface area contributed by atoms with Crippen molar-refractivity contribution in [3.05, 3.63) is 0 Å². The minimum atomic E-state index is -0.419. The molecule has 0 aliphatic carbocycles. The van der Waals surface area contributed by atoms with Gasteiger partial charge in [0.15, 0.2) is 0 Å². The van der Waals surface area contributed by atoms with E-state index >= 15 is 0 Å². The van der Waals surface area contributed by atoms with Crippen LogP contribution in [0.1, 0.15) is 13.3 Å². The number of imide groups is 1. The SMILES string of the molecule is CCN1C(=O)CC(NCC(COC)OC)C1=O. The first-order chi connectivity index (χ1) is 8.13. The third kappa shape index (κ3) is 3.49. The lowest BCUT2D eigenvalue weighted by molar-refractivity contribution is -0.138. The van der Waals surface area contributed by atoms with Crippen LogP contribution in [0.25, 0.3) is 0 Å². The zero-order chi connectivity index (χ0) is 12.8. The normalized spacial score (nSPS) is 22.3. The second-order valence-electron chi connectivity index (χ2n) is 3.95. The number of methoxy groups -OCH3 is 2. The first kappa shape index (κ1) is 14.1. The maximum absolute atomic E-state index is 11.8. The second kappa shape index (κ2) is 6.68. The van der Waals surface area contributed by atoms with E-state index in [-0.39, 0.29) is 24.3 Å². The number of ether oxygens (including phenoxy) is 2. The monoisotopic (exact) mass is 244 g/mol. The van der Waals surface area contributed by atoms with Crippen LogP contribution in [0.2, 0.25) is 0 Å². The largest absolute Gasteiger partial charge is 0.382 e. The third-order valence-electron chi connectivity index (χ3n) is 2.84. The van der Waals surface area contributed by atoms with E-state index in [1.54, 1.807) is 21.1 Å². The van der Waals surface area contributed by atoms with Crippen LogP contribution in [0.4, 0.5) is 0 Å². The molecular weight excluding hydrogens is 224 g/mol. The Morgan fingerprint density at radius 2 is 2.18 bits per heavy atom. The standard InChI is InChI=1S/C11H20N2O4/c1-4-13-10(14)5-9(11(13)15)12-6-8(17-3)7-16-2/h8-9,12H,4-7H2,1-3H3. The van der Waals surface area contributed by atoms with Gasteiger partial charge in [-0.2, -0.15) is 0 Å². The van der Waals surface area contributed by atoms with Crippen LogP contribution >= 0.6 is 0 Å². The Morgan fingerprint density at radius 3 is 2.65 bits per heavy atom. The third-order valence-corrected chi connectivity index (χ3v) is 2.84. The highest BCUT2D eigenvalue weighted by atomic mass is 16.5. The molecule has 0 saturated carbocycles. The molecular formula is C11H20N2O4. The van der Waals surface area contributed by atoms with Crippen LogP contribution in [-0.2, 0) is 19.1 Å². The van der Waals surface area contributed by atoms with Gasteiger partial charge in [-0.15, -0.1) is 0 Å². The van der Waals surface area contributed by atoms with Crippen molar-refractivity contribution >= 4 is 11.8 Å². The van der Waals surface area contributed by atoms with Crippen LogP contribution in [-0.4, -0.2) is 62.8 Å². The van der Waals surface area contributed by atoms with Gasteiger partial charge in [0, 0.05) is 27.3 Å². The molecule has 1 heterocycles. The molecule has 2 amide bonds. The van der Waals surface area contributed by atoms with Crippen LogP contribution in [0.5, 0.6) is 0 Å². The molecule has 0 bridgehead atoms. The number of hydrogen-bond acceptors (Lipinski definition) is 5. The topological polar surface area (TPSA) is 67.9 Å². The number of nitrogens with zero attached hydrogens (tertiary/aromatic N) is 1. The fourth-order valence-corrected chi connectivity index (χ4v) is 1.84. The lowest BCUT2D eigenvalue weighted by Gasteiger charge is -2.18. The van der Waals surface area contributed by atoms with E-state index in [0.29, 0.717) is 19.7 Å². The van der Waals surface area contributed by atoms with E-state index in [4.69, 9.17) is 9.47 Å². The molecule has 0 spiro atoms. The van der Waals surface area contributed by atoms with Crippen molar-refractivity contribution in [2.45, 2.75) is 25.5 Å². The molecule has 1 aliphatic heterocycles. The highest BCUT2D eigenvalue weighted by molar-refractivity contribution is 6.05. The van der Waals surface area contributed by atoms with Crippen LogP contribution in [0, 0.1) is 0 Å². The minimum Gasteiger partial charge on any atom is -0.382 e. The molecule has 1 saturated heterocycles. The van der Waals surface area contributed by atoms with E-state index in [0.717, 1.165) is 0 Å². The molecule has 17 heavy (non-hydrogen) atoms. The highest BCUT2D eigenvalue weighted by Gasteiger charge is 2.37. The first-order valence-electron chi connectivity index (χ1n) is 5.73. The van der Waals surface area contributed by atoms with E-state index in [9.17, 15) is 9.59 Å². The summed E-state index contributed by atoms with van der Waals surface area (Å²) in [5.41, 5.74) is 0. The highest BCUT2D eigenvalue weighted by Crippen LogP contribution is 2.12. The fraction of sp³-hybridized carbons (Fsp3) is 0.818. The van der Waals surface area contributed by atoms with E-state index in [1.165, 1.54) is 4.90 Å². The molecule has 98 valence electrons. The molecule has 6 heteroatoms. The van der Waals surface area contributed by atoms with Gasteiger partial charge in [-0.25, -0.2) is 0 Å². The number of nitrogens with one attached hydrogen (secondary N) is 1. The van der Waals surface area contributed by atoms with Crippen LogP contribution < -0.4 is 5.32 Å². The van der Waals surface area contributed by atoms with Gasteiger partial charge in [0.25, 0.3) is 0 Å². The van der Waals surface area contributed by atoms with Gasteiger partial charge >= 0.3 is 0 Å². The summed E-state index contributed by atoms with van der Waals surface area (Å²) in [5.74, 6) is -0.263. The molecule has 2 unspecified atom stereocenters. The molecule has 2 atom stereocenters. The average molecular weight is 244 g/mol. The quantitative estimate of drug-likeness (QED) is 0.605. The number of likely N-dealkylation sites (N-methyl/N-ethyl adjacent to an activating group) is 1. The van der Waals surface area contributed by atoms with Crippen molar-refractivity contribution in [1.29, 1.82) is 0 Å². The molecule has 1 fully saturated rings. The number of carbonyl (C=O) groups is 2. The summed E-state index contributed by atoms with van der Waals surface area (Å²) < 4.78 is 10.1. The van der Waals surface area contributed by atoms with Gasteiger partial charge < -0.3 is 14.8 Å². The van der Waals surface area contributed by atoms with Gasteiger partial charge in [0.2, 0.25) is 11.8 Å². The Hall–Kier alpha value is -0.980. The van der Waals surface area contributed by atoms with E-state index in [1.807, 2.05) is 0 Å². The van der Waals surface area contributed by atoms with Gasteiger partial charge in [0.05, 0.1) is 25.2 Å². The smallest absolute Gasteiger partial charge is 0.246 e. The van der Waals surface area contributed by atoms with Gasteiger partial charge in [-0.3, -0.25) is 14.5 Å². The molecule has 0 radical (unpaired) electrons. The fourth-order valence-electron chi connectivity index (χ4n) is 1.84. The molecule has 6 nitrogen and oxygen atoms in total. The van der Waals surface area contributed by atoms with Crippen molar-refractivity contribution in [2.24, 2.45) is 0 Å². The average Bonchev–Trinajstić information content (AvgIpc) is 2.59. The summed E-state index contributed by atoms with van der Waals surface area (Å²) in [6.45, 7) is 3.17. The van der Waals surface area contributed by atoms with Crippen molar-refractivity contribution < 1.29 is 19.1 Å². The maximum Gasteiger partial charge on any atom is 0.246 e. The number of likely N-dealkylation sites (tertiary alicyclic amines) is 1. The lowest BCUT2D eigenvalue weighted by Crippen LogP contribution is -2.43. The summed E-state index contributed by atoms with van der Waals surface area (Å²) in [6, 6.07) is -0.419. The minimum absolute atomic E-state index is 0.112. The van der Waals surface area contributed by atoms with Crippen LogP contribution in [0.15, 0.2) is 0 Å². The second-order valence-corrected chi connectivity index (χ2v) is 3.95. The Labute approximate surface area is 101 Å². The van der Waals surface area contributed by atoms with E-state index in [2.05, 4.69) is 5.32 Å². The molecule has 0 aromatic carbocycles. The molecule has 1 rings (SSSR count). The summed E-state index contributed by atoms with van der Waals surface area (Å²) in [5, 5.41) is 3.04. The predicted molar refractivity (Wildman–Crippen MR) is 61.5 cm³/mol. The first-order valence-corrected chi connectivity index (χ1v) is 5.73. The predicted octanol–water partition coefficient (Wildman–Crippen LogP) is -0.615. The number of rotatable bonds is 7. The molecule has 1 aliphatic rings. The Bertz CT molecular complexity index is 283. The Morgan fingerprint density at radius 1 is 1.47 bits per heavy atom. The van der Waals surface area contributed by atoms with Crippen molar-refractivity contribution in [3.8, 4) is 0 Å². The van der Waals surface area contributed by atoms with Crippen LogP contribution in [0.3, 0.4) is 0 Å². The van der Waals surface area contributed by atoms with Gasteiger partial charge in [-0.1, -0.05) is 0 Å². The summed E-state index contributed by atoms with van der Waals surface area (Å²) >= 11 is 0. The number of carbonyl (C=O) groups excluding carboxylic acids is 2. The van der Waals surface area contributed by atoms with Crippen molar-refractivity contribution in [2.75, 3.05) is 33.9 Å². The Balaban J connectivity index is 2.42. The molecule has 0 aromatic rings. The number of hydrogen-bond donors (Lipinski definition) is 1. The molecule has 1 N–H and O–H groups in total. The molecule has 0 aromatic heterocycles. The lowest BCUT2D eigenvalue weighted by atomic mass is 10.2. The summed E-state index contributed by atoms with van der Waals surface area (Å²) in [6.07, 6.45) is 0.120. The van der Waals surface area contributed by atoms with Crippen molar-refractivity contribution in [3.63, 3.8) is 0 Å². The maximum atomic E-state index is 11.8. The zero-order valence-corrected chi connectivity index (χ0v) is 10.6.